The lowest BCUT2D eigenvalue weighted by atomic mass is 9.82. The molecule has 11 aromatic rings. The Balaban J connectivity index is 1.20. The molecule has 1 aliphatic rings. The number of imidazole rings is 1. The molecule has 1 aliphatic carbocycles. The Hall–Kier alpha value is -7.29. The number of rotatable bonds is 5. The van der Waals surface area contributed by atoms with Crippen LogP contribution in [0, 0.1) is 0 Å². The molecular weight excluding hydrogens is 689 g/mol. The summed E-state index contributed by atoms with van der Waals surface area (Å²) in [6.07, 6.45) is 0.841. The van der Waals surface area contributed by atoms with E-state index in [1.807, 2.05) is 0 Å². The van der Waals surface area contributed by atoms with E-state index < -0.39 is 0 Å². The fraction of sp³-hybridized carbons (Fsp3) is 0.0364. The molecule has 1 aromatic heterocycles. The van der Waals surface area contributed by atoms with Crippen LogP contribution < -0.4 is 0 Å². The number of fused-ring (bicyclic) bond motifs is 7. The van der Waals surface area contributed by atoms with Crippen molar-refractivity contribution < 1.29 is 0 Å². The maximum atomic E-state index is 5.06. The smallest absolute Gasteiger partial charge is 0.114 e. The second-order valence-corrected chi connectivity index (χ2v) is 15.2. The molecule has 12 rings (SSSR count). The summed E-state index contributed by atoms with van der Waals surface area (Å²) < 4.78 is 2.36. The van der Waals surface area contributed by atoms with Crippen LogP contribution in [-0.2, 0) is 6.42 Å². The summed E-state index contributed by atoms with van der Waals surface area (Å²) in [5.41, 5.74) is 16.0. The van der Waals surface area contributed by atoms with Crippen molar-refractivity contribution >= 4 is 54.1 Å². The predicted octanol–water partition coefficient (Wildman–Crippen LogP) is 14.8. The molecule has 0 N–H and O–H groups in total. The molecule has 10 aromatic carbocycles. The van der Waals surface area contributed by atoms with Gasteiger partial charge in [0.15, 0.2) is 0 Å². The van der Waals surface area contributed by atoms with Crippen LogP contribution in [0.2, 0.25) is 0 Å². The first kappa shape index (κ1) is 32.0. The molecule has 0 fully saturated rings. The van der Waals surface area contributed by atoms with Crippen molar-refractivity contribution in [3.05, 3.63) is 194 Å². The van der Waals surface area contributed by atoms with Gasteiger partial charge in [0, 0.05) is 11.8 Å². The highest BCUT2D eigenvalue weighted by atomic mass is 15.1. The van der Waals surface area contributed by atoms with Gasteiger partial charge < -0.3 is 0 Å². The van der Waals surface area contributed by atoms with Crippen molar-refractivity contribution in [2.45, 2.75) is 13.3 Å². The van der Waals surface area contributed by atoms with Crippen LogP contribution in [0.1, 0.15) is 12.7 Å². The molecule has 0 saturated heterocycles. The Morgan fingerprint density at radius 1 is 0.404 bits per heavy atom. The minimum Gasteiger partial charge on any atom is -0.296 e. The monoisotopic (exact) mass is 724 g/mol. The number of hydrogen-bond acceptors (Lipinski definition) is 1. The van der Waals surface area contributed by atoms with E-state index in [1.54, 1.807) is 0 Å². The van der Waals surface area contributed by atoms with Crippen molar-refractivity contribution in [3.8, 4) is 61.3 Å². The molecule has 0 amide bonds. The Labute approximate surface area is 330 Å². The van der Waals surface area contributed by atoms with E-state index in [1.165, 1.54) is 98.7 Å². The Morgan fingerprint density at radius 2 is 1.04 bits per heavy atom. The highest BCUT2D eigenvalue weighted by molar-refractivity contribution is 6.27. The molecule has 0 bridgehead atoms. The summed E-state index contributed by atoms with van der Waals surface area (Å²) in [6.45, 7) is 2.19. The summed E-state index contributed by atoms with van der Waals surface area (Å²) >= 11 is 0. The third-order valence-electron chi connectivity index (χ3n) is 12.3. The minimum atomic E-state index is 0.841. The lowest BCUT2D eigenvalue weighted by Crippen LogP contribution is -2.01. The maximum absolute atomic E-state index is 5.06. The molecule has 0 radical (unpaired) electrons. The molecule has 0 spiro atoms. The molecule has 266 valence electrons. The molecule has 57 heavy (non-hydrogen) atoms. The van der Waals surface area contributed by atoms with Gasteiger partial charge >= 0.3 is 0 Å². The zero-order valence-electron chi connectivity index (χ0n) is 31.5. The van der Waals surface area contributed by atoms with Crippen molar-refractivity contribution in [1.82, 2.24) is 9.55 Å². The summed E-state index contributed by atoms with van der Waals surface area (Å²) in [6, 6.07) is 69.5. The zero-order valence-corrected chi connectivity index (χ0v) is 31.5. The van der Waals surface area contributed by atoms with Crippen molar-refractivity contribution in [2.24, 2.45) is 0 Å². The van der Waals surface area contributed by atoms with Gasteiger partial charge in [0.2, 0.25) is 0 Å². The zero-order chi connectivity index (χ0) is 37.6. The minimum absolute atomic E-state index is 0.841. The third kappa shape index (κ3) is 4.62. The van der Waals surface area contributed by atoms with E-state index >= 15 is 0 Å². The van der Waals surface area contributed by atoms with Crippen molar-refractivity contribution in [3.63, 3.8) is 0 Å². The van der Waals surface area contributed by atoms with Crippen molar-refractivity contribution in [2.75, 3.05) is 0 Å². The van der Waals surface area contributed by atoms with Crippen LogP contribution in [0.4, 0.5) is 0 Å². The lowest BCUT2D eigenvalue weighted by Gasteiger charge is -2.22. The normalized spacial score (nSPS) is 12.0. The van der Waals surface area contributed by atoms with Gasteiger partial charge in [0.25, 0.3) is 0 Å². The van der Waals surface area contributed by atoms with Gasteiger partial charge in [-0.1, -0.05) is 171 Å². The molecule has 0 atom stereocenters. The Bertz CT molecular complexity index is 3440. The van der Waals surface area contributed by atoms with E-state index in [-0.39, 0.29) is 0 Å². The topological polar surface area (TPSA) is 17.8 Å². The average molecular weight is 725 g/mol. The summed E-state index contributed by atoms with van der Waals surface area (Å²) in [5, 5.41) is 10.1. The predicted molar refractivity (Wildman–Crippen MR) is 241 cm³/mol. The molecule has 2 nitrogen and oxygen atoms in total. The van der Waals surface area contributed by atoms with Crippen LogP contribution in [0.3, 0.4) is 0 Å². The number of aryl methyl sites for hydroxylation is 1. The average Bonchev–Trinajstić information content (AvgIpc) is 3.82. The van der Waals surface area contributed by atoms with E-state index in [4.69, 9.17) is 4.98 Å². The van der Waals surface area contributed by atoms with Crippen LogP contribution in [0.5, 0.6) is 0 Å². The van der Waals surface area contributed by atoms with Gasteiger partial charge in [0.05, 0.1) is 16.7 Å². The molecular formula is C55H36N2. The largest absolute Gasteiger partial charge is 0.296 e. The fourth-order valence-corrected chi connectivity index (χ4v) is 9.90. The number of aromatic nitrogens is 2. The van der Waals surface area contributed by atoms with Gasteiger partial charge in [-0.25, -0.2) is 4.98 Å². The second kappa shape index (κ2) is 12.4. The first-order chi connectivity index (χ1) is 28.3. The van der Waals surface area contributed by atoms with Gasteiger partial charge in [0.1, 0.15) is 5.82 Å². The van der Waals surface area contributed by atoms with E-state index in [0.717, 1.165) is 29.0 Å². The first-order valence-corrected chi connectivity index (χ1v) is 20.0. The van der Waals surface area contributed by atoms with E-state index in [2.05, 4.69) is 200 Å². The van der Waals surface area contributed by atoms with Gasteiger partial charge in [-0.05, 0) is 118 Å². The van der Waals surface area contributed by atoms with Crippen LogP contribution >= 0.6 is 0 Å². The second-order valence-electron chi connectivity index (χ2n) is 15.2. The summed E-state index contributed by atoms with van der Waals surface area (Å²) in [5.74, 6) is 1.07. The SMILES string of the molecule is CCc1nc2ccccc2n1-c1ccc(-c2c3ccccc3c(-c3cccc4c3-c3cccc5cccc-4c35)c3cc(-c4ccccc4)ccc23)c2ccccc12. The Morgan fingerprint density at radius 3 is 1.84 bits per heavy atom. The van der Waals surface area contributed by atoms with Crippen LogP contribution in [-0.4, -0.2) is 9.55 Å². The number of para-hydroxylation sites is 2. The van der Waals surface area contributed by atoms with Crippen LogP contribution in [0.15, 0.2) is 188 Å². The molecule has 1 heterocycles. The standard InChI is InChI=1S/C55H36N2/c1-2-51-56-48-27-10-11-28-50(48)57(51)49-32-31-43(37-19-6-7-20-38(37)49)53-40-21-8-9-22-41(40)55(47-33-36(29-30-44(47)53)34-15-4-3-5-16-34)46-26-14-24-42-39-23-12-17-35-18-13-25-45(52(35)39)54(42)46/h3-33H,2H2,1H3. The van der Waals surface area contributed by atoms with Gasteiger partial charge in [-0.3, -0.25) is 4.57 Å². The maximum Gasteiger partial charge on any atom is 0.114 e. The van der Waals surface area contributed by atoms with E-state index in [0.29, 0.717) is 0 Å². The lowest BCUT2D eigenvalue weighted by molar-refractivity contribution is 0.913. The van der Waals surface area contributed by atoms with Gasteiger partial charge in [-0.15, -0.1) is 0 Å². The quantitative estimate of drug-likeness (QED) is 0.162. The third-order valence-corrected chi connectivity index (χ3v) is 12.3. The number of benzene rings is 10. The highest BCUT2D eigenvalue weighted by Crippen LogP contribution is 2.54. The molecule has 0 saturated carbocycles. The number of nitrogens with zero attached hydrogens (tertiary/aromatic N) is 2. The summed E-state index contributed by atoms with van der Waals surface area (Å²) in [4.78, 5) is 5.06. The number of hydrogen-bond donors (Lipinski definition) is 0. The van der Waals surface area contributed by atoms with Crippen LogP contribution in [0.25, 0.3) is 115 Å². The van der Waals surface area contributed by atoms with Crippen molar-refractivity contribution in [1.29, 1.82) is 0 Å². The molecule has 0 aliphatic heterocycles. The molecule has 0 unspecified atom stereocenters. The Kier molecular flexibility index (Phi) is 6.94. The fourth-order valence-electron chi connectivity index (χ4n) is 9.90. The first-order valence-electron chi connectivity index (χ1n) is 20.0. The highest BCUT2D eigenvalue weighted by Gasteiger charge is 2.27. The van der Waals surface area contributed by atoms with E-state index in [9.17, 15) is 0 Å². The summed E-state index contributed by atoms with van der Waals surface area (Å²) in [7, 11) is 0. The molecule has 2 heteroatoms. The van der Waals surface area contributed by atoms with Gasteiger partial charge in [-0.2, -0.15) is 0 Å².